The average Bonchev–Trinajstić information content (AvgIpc) is 2.51. The molecule has 0 aliphatic heterocycles. The number of carbonyl (C=O) groups is 1. The summed E-state index contributed by atoms with van der Waals surface area (Å²) < 4.78 is 247. The van der Waals surface area contributed by atoms with Crippen molar-refractivity contribution in [1.29, 1.82) is 0 Å². The molecule has 0 unspecified atom stereocenters. The van der Waals surface area contributed by atoms with Gasteiger partial charge in [0, 0.05) is 0 Å². The molecule has 0 aliphatic carbocycles. The van der Waals surface area contributed by atoms with Crippen molar-refractivity contribution in [3.63, 3.8) is 0 Å². The smallest absolute Gasteiger partial charge is 0.535 e. The van der Waals surface area contributed by atoms with Gasteiger partial charge >= 0.3 is 76.8 Å². The quantitative estimate of drug-likeness (QED) is 0.350. The number of alkyl halides is 18. The van der Waals surface area contributed by atoms with Crippen LogP contribution in [0.2, 0.25) is 0 Å². The standard InChI is InChI=1S/C9HF18NO3S.Na/c10-2(11,3(12,13)4(14,15)7(20,21)22)1(29)28-32(30,31)9(26,27)6(18,19)5(16,17)8(23,24)25;/h(H,28,29);/q;+1/p-1. The van der Waals surface area contributed by atoms with Crippen LogP contribution in [0, 0.1) is 0 Å². The van der Waals surface area contributed by atoms with E-state index in [9.17, 15) is 92.2 Å². The Morgan fingerprint density at radius 2 is 0.788 bits per heavy atom. The maximum Gasteiger partial charge on any atom is 1.00 e. The molecular weight excluding hydrogens is 567 g/mol. The normalized spacial score (nSPS) is 15.7. The van der Waals surface area contributed by atoms with Gasteiger partial charge in [-0.05, 0) is 0 Å². The molecule has 192 valence electrons. The fourth-order valence-corrected chi connectivity index (χ4v) is 2.16. The fourth-order valence-electron chi connectivity index (χ4n) is 1.26. The molecule has 0 spiro atoms. The summed E-state index contributed by atoms with van der Waals surface area (Å²) in [6.07, 6.45) is -15.4. The summed E-state index contributed by atoms with van der Waals surface area (Å²) in [5.74, 6) is -45.0. The first kappa shape index (κ1) is 34.3. The molecule has 4 nitrogen and oxygen atoms in total. The van der Waals surface area contributed by atoms with E-state index in [1.54, 1.807) is 0 Å². The van der Waals surface area contributed by atoms with Gasteiger partial charge in [-0.25, -0.2) is 8.42 Å². The molecule has 0 aromatic rings. The topological polar surface area (TPSA) is 65.3 Å². The van der Waals surface area contributed by atoms with Gasteiger partial charge in [-0.1, -0.05) is 0 Å². The van der Waals surface area contributed by atoms with Gasteiger partial charge < -0.3 is 9.52 Å². The van der Waals surface area contributed by atoms with Crippen molar-refractivity contribution in [1.82, 2.24) is 0 Å². The van der Waals surface area contributed by atoms with Crippen LogP contribution in [0.5, 0.6) is 0 Å². The van der Waals surface area contributed by atoms with Crippen LogP contribution in [0.15, 0.2) is 0 Å². The minimum atomic E-state index is -8.51. The molecule has 0 fully saturated rings. The zero-order chi connectivity index (χ0) is 26.8. The first-order valence-electron chi connectivity index (χ1n) is 6.30. The van der Waals surface area contributed by atoms with Gasteiger partial charge in [0.25, 0.3) is 0 Å². The third-order valence-electron chi connectivity index (χ3n) is 3.06. The fraction of sp³-hybridized carbons (Fsp3) is 0.889. The molecular formula is C9F18NNaO3S. The van der Waals surface area contributed by atoms with Gasteiger partial charge in [0.2, 0.25) is 0 Å². The van der Waals surface area contributed by atoms with Gasteiger partial charge in [-0.2, -0.15) is 79.0 Å². The summed E-state index contributed by atoms with van der Waals surface area (Å²) in [6, 6.07) is 0. The van der Waals surface area contributed by atoms with E-state index >= 15 is 0 Å². The number of hydrogen-bond acceptors (Lipinski definition) is 3. The Morgan fingerprint density at radius 3 is 1.06 bits per heavy atom. The van der Waals surface area contributed by atoms with Crippen LogP contribution in [0.1, 0.15) is 0 Å². The zero-order valence-corrected chi connectivity index (χ0v) is 17.2. The minimum Gasteiger partial charge on any atom is -0.535 e. The Bertz CT molecular complexity index is 843. The van der Waals surface area contributed by atoms with Gasteiger partial charge in [0.1, 0.15) is 5.91 Å². The molecule has 0 saturated heterocycles. The predicted molar refractivity (Wildman–Crippen MR) is 59.1 cm³/mol. The molecule has 0 N–H and O–H groups in total. The van der Waals surface area contributed by atoms with Crippen molar-refractivity contribution in [2.45, 2.75) is 47.2 Å². The molecule has 0 saturated carbocycles. The molecule has 0 bridgehead atoms. The maximum atomic E-state index is 13.1. The van der Waals surface area contributed by atoms with Crippen LogP contribution < -0.4 is 29.6 Å². The largest absolute Gasteiger partial charge is 1.00 e. The van der Waals surface area contributed by atoms with E-state index in [-0.39, 0.29) is 34.3 Å². The van der Waals surface area contributed by atoms with Crippen molar-refractivity contribution >= 4 is 15.9 Å². The summed E-state index contributed by atoms with van der Waals surface area (Å²) in [5.41, 5.74) is 0. The number of carbonyl (C=O) groups excluding carboxylic acids is 1. The first-order chi connectivity index (χ1) is 13.4. The predicted octanol–water partition coefficient (Wildman–Crippen LogP) is 2.11. The summed E-state index contributed by atoms with van der Waals surface area (Å²) in [5, 5.41) is -8.04. The second-order valence-electron chi connectivity index (χ2n) is 5.26. The number of nitrogens with zero attached hydrogens (tertiary/aromatic N) is 1. The van der Waals surface area contributed by atoms with E-state index < -0.39 is 63.2 Å². The minimum absolute atomic E-state index is 0. The van der Waals surface area contributed by atoms with E-state index in [1.807, 2.05) is 0 Å². The van der Waals surface area contributed by atoms with Crippen LogP contribution in [-0.2, 0) is 14.8 Å². The van der Waals surface area contributed by atoms with E-state index in [4.69, 9.17) is 0 Å². The Hall–Kier alpha value is -0.840. The third kappa shape index (κ3) is 4.95. The average molecular weight is 567 g/mol. The van der Waals surface area contributed by atoms with Crippen molar-refractivity contribution in [2.24, 2.45) is 0 Å². The molecule has 1 amide bonds. The van der Waals surface area contributed by atoms with E-state index in [0.717, 1.165) is 0 Å². The van der Waals surface area contributed by atoms with E-state index in [1.165, 1.54) is 0 Å². The Kier molecular flexibility index (Phi) is 9.02. The summed E-state index contributed by atoms with van der Waals surface area (Å²) in [4.78, 5) is 10.7. The second kappa shape index (κ2) is 8.68. The number of halogens is 18. The van der Waals surface area contributed by atoms with Crippen LogP contribution in [0.3, 0.4) is 0 Å². The van der Waals surface area contributed by atoms with Crippen molar-refractivity contribution < 1.29 is 122 Å². The zero-order valence-electron chi connectivity index (χ0n) is 14.4. The van der Waals surface area contributed by atoms with Gasteiger partial charge in [0.15, 0.2) is 10.0 Å². The molecule has 24 heteroatoms. The summed E-state index contributed by atoms with van der Waals surface area (Å²) in [6.45, 7) is 0. The Labute approximate surface area is 190 Å². The van der Waals surface area contributed by atoms with Crippen molar-refractivity contribution in [3.8, 4) is 0 Å². The Morgan fingerprint density at radius 1 is 0.515 bits per heavy atom. The number of hydrogen-bond donors (Lipinski definition) is 0. The van der Waals surface area contributed by atoms with Crippen LogP contribution in [0.4, 0.5) is 79.0 Å². The molecule has 0 heterocycles. The first-order valence-corrected chi connectivity index (χ1v) is 7.74. The van der Waals surface area contributed by atoms with Gasteiger partial charge in [-0.3, -0.25) is 0 Å². The Balaban J connectivity index is 0. The second-order valence-corrected chi connectivity index (χ2v) is 6.90. The summed E-state index contributed by atoms with van der Waals surface area (Å²) >= 11 is 0. The molecule has 0 atom stereocenters. The third-order valence-corrected chi connectivity index (χ3v) is 4.37. The number of rotatable bonds is 7. The molecule has 0 rings (SSSR count). The van der Waals surface area contributed by atoms with E-state index in [2.05, 4.69) is 0 Å². The molecule has 0 aromatic carbocycles. The molecule has 0 radical (unpaired) electrons. The van der Waals surface area contributed by atoms with Crippen LogP contribution >= 0.6 is 0 Å². The molecule has 0 aliphatic rings. The molecule has 0 aromatic heterocycles. The van der Waals surface area contributed by atoms with Crippen LogP contribution in [0.25, 0.3) is 4.72 Å². The SMILES string of the molecule is O=C([N-]S(=O)(=O)C(F)(F)C(F)(F)C(F)(F)C(F)(F)F)C(F)(F)C(F)(F)C(F)(F)C(F)(F)F.[Na+]. The molecule has 33 heavy (non-hydrogen) atoms. The monoisotopic (exact) mass is 567 g/mol. The maximum absolute atomic E-state index is 13.1. The van der Waals surface area contributed by atoms with Crippen LogP contribution in [-0.4, -0.2) is 61.5 Å². The van der Waals surface area contributed by atoms with Gasteiger partial charge in [-0.15, -0.1) is 0 Å². The number of sulfonamides is 1. The van der Waals surface area contributed by atoms with Crippen molar-refractivity contribution in [3.05, 3.63) is 4.72 Å². The van der Waals surface area contributed by atoms with Crippen molar-refractivity contribution in [2.75, 3.05) is 0 Å². The summed E-state index contributed by atoms with van der Waals surface area (Å²) in [7, 11) is -8.51. The van der Waals surface area contributed by atoms with E-state index in [0.29, 0.717) is 0 Å². The van der Waals surface area contributed by atoms with Gasteiger partial charge in [0.05, 0.1) is 0 Å². The number of amides is 1.